The number of anilines is 1. The predicted molar refractivity (Wildman–Crippen MR) is 119 cm³/mol. The highest BCUT2D eigenvalue weighted by atomic mass is 127. The van der Waals surface area contributed by atoms with Crippen LogP contribution < -0.4 is 5.32 Å². The number of aryl methyl sites for hydroxylation is 1. The average molecular weight is 497 g/mol. The second kappa shape index (κ2) is 8.39. The fourth-order valence-corrected chi connectivity index (χ4v) is 3.45. The second-order valence-corrected chi connectivity index (χ2v) is 7.48. The molecule has 29 heavy (non-hydrogen) atoms. The lowest BCUT2D eigenvalue weighted by molar-refractivity contribution is -0.111. The molecule has 0 fully saturated rings. The van der Waals surface area contributed by atoms with Crippen LogP contribution in [0, 0.1) is 10.5 Å². The van der Waals surface area contributed by atoms with Crippen molar-refractivity contribution in [1.82, 2.24) is 20.2 Å². The van der Waals surface area contributed by atoms with E-state index in [0.717, 1.165) is 20.4 Å². The van der Waals surface area contributed by atoms with Crippen LogP contribution in [0.4, 0.5) is 5.69 Å². The van der Waals surface area contributed by atoms with Crippen molar-refractivity contribution in [1.29, 1.82) is 0 Å². The van der Waals surface area contributed by atoms with Crippen LogP contribution in [-0.2, 0) is 4.79 Å². The highest BCUT2D eigenvalue weighted by Gasteiger charge is 2.20. The molecule has 4 rings (SSSR count). The minimum atomic E-state index is -0.352. The maximum Gasteiger partial charge on any atom is 0.274 e. The molecule has 0 saturated heterocycles. The zero-order valence-electron chi connectivity index (χ0n) is 15.4. The molecule has 0 aliphatic rings. The van der Waals surface area contributed by atoms with Crippen molar-refractivity contribution < 1.29 is 9.21 Å². The Hall–Kier alpha value is -3.27. The number of benzene rings is 2. The Morgan fingerprint density at radius 2 is 1.97 bits per heavy atom. The first-order chi connectivity index (χ1) is 14.1. The van der Waals surface area contributed by atoms with Crippen LogP contribution in [0.1, 0.15) is 11.3 Å². The monoisotopic (exact) mass is 497 g/mol. The normalized spacial score (nSPS) is 11.4. The number of rotatable bonds is 5. The summed E-state index contributed by atoms with van der Waals surface area (Å²) in [7, 11) is 0. The minimum Gasteiger partial charge on any atom is -0.465 e. The highest BCUT2D eigenvalue weighted by Crippen LogP contribution is 2.23. The van der Waals surface area contributed by atoms with Gasteiger partial charge in [-0.05, 0) is 75.8 Å². The van der Waals surface area contributed by atoms with Crippen LogP contribution in [0.15, 0.2) is 71.3 Å². The number of furan rings is 1. The van der Waals surface area contributed by atoms with Crippen molar-refractivity contribution in [3.63, 3.8) is 0 Å². The quantitative estimate of drug-likeness (QED) is 0.325. The molecular formula is C21H16IN5O2. The number of aromatic nitrogens is 4. The lowest BCUT2D eigenvalue weighted by Gasteiger charge is -2.12. The Morgan fingerprint density at radius 1 is 1.14 bits per heavy atom. The predicted octanol–water partition coefficient (Wildman–Crippen LogP) is 4.48. The molecule has 0 aliphatic heterocycles. The molecule has 0 radical (unpaired) electrons. The van der Waals surface area contributed by atoms with Gasteiger partial charge in [-0.1, -0.05) is 30.3 Å². The Kier molecular flexibility index (Phi) is 5.52. The first-order valence-electron chi connectivity index (χ1n) is 8.79. The standard InChI is InChI=1S/C21H16IN5O2/c1-14-12-16(22)9-10-18(14)23-21(28)19(13-17-8-5-11-29-17)27-20(24-25-26-27)15-6-3-2-4-7-15/h2-13H,1H3,(H,23,28)/b19-13-. The van der Waals surface area contributed by atoms with Crippen molar-refractivity contribution in [2.24, 2.45) is 0 Å². The van der Waals surface area contributed by atoms with Gasteiger partial charge in [-0.3, -0.25) is 4.79 Å². The second-order valence-electron chi connectivity index (χ2n) is 6.24. The number of amides is 1. The molecule has 0 saturated carbocycles. The van der Waals surface area contributed by atoms with Gasteiger partial charge in [-0.2, -0.15) is 4.68 Å². The molecule has 0 bridgehead atoms. The number of hydrogen-bond acceptors (Lipinski definition) is 5. The third-order valence-electron chi connectivity index (χ3n) is 4.22. The lowest BCUT2D eigenvalue weighted by Crippen LogP contribution is -2.20. The van der Waals surface area contributed by atoms with Crippen LogP contribution in [0.25, 0.3) is 23.2 Å². The molecule has 1 N–H and O–H groups in total. The summed E-state index contributed by atoms with van der Waals surface area (Å²) in [6, 6.07) is 18.8. The van der Waals surface area contributed by atoms with Gasteiger partial charge in [0.1, 0.15) is 11.5 Å². The number of nitrogens with zero attached hydrogens (tertiary/aromatic N) is 4. The Bertz CT molecular complexity index is 1170. The fraction of sp³-hybridized carbons (Fsp3) is 0.0476. The molecule has 0 spiro atoms. The Balaban J connectivity index is 1.76. The van der Waals surface area contributed by atoms with E-state index in [2.05, 4.69) is 43.4 Å². The summed E-state index contributed by atoms with van der Waals surface area (Å²) >= 11 is 2.24. The van der Waals surface area contributed by atoms with Crippen LogP contribution >= 0.6 is 22.6 Å². The van der Waals surface area contributed by atoms with Gasteiger partial charge in [0.05, 0.1) is 6.26 Å². The first-order valence-corrected chi connectivity index (χ1v) is 9.86. The lowest BCUT2D eigenvalue weighted by atomic mass is 10.2. The molecule has 1 amide bonds. The van der Waals surface area contributed by atoms with Gasteiger partial charge in [0.2, 0.25) is 0 Å². The van der Waals surface area contributed by atoms with Crippen molar-refractivity contribution in [3.05, 3.63) is 81.8 Å². The Morgan fingerprint density at radius 3 is 2.69 bits per heavy atom. The molecule has 8 heteroatoms. The van der Waals surface area contributed by atoms with Crippen molar-refractivity contribution >= 4 is 46.0 Å². The van der Waals surface area contributed by atoms with E-state index in [-0.39, 0.29) is 11.6 Å². The topological polar surface area (TPSA) is 85.8 Å². The number of carbonyl (C=O) groups excluding carboxylic acids is 1. The summed E-state index contributed by atoms with van der Waals surface area (Å²) in [5.41, 5.74) is 2.71. The summed E-state index contributed by atoms with van der Waals surface area (Å²) in [6.45, 7) is 1.94. The van der Waals surface area contributed by atoms with E-state index in [1.807, 2.05) is 55.5 Å². The van der Waals surface area contributed by atoms with E-state index in [4.69, 9.17) is 4.42 Å². The van der Waals surface area contributed by atoms with Gasteiger partial charge < -0.3 is 9.73 Å². The van der Waals surface area contributed by atoms with Crippen LogP contribution in [0.5, 0.6) is 0 Å². The maximum absolute atomic E-state index is 13.2. The highest BCUT2D eigenvalue weighted by molar-refractivity contribution is 14.1. The van der Waals surface area contributed by atoms with Crippen molar-refractivity contribution in [2.75, 3.05) is 5.32 Å². The fourth-order valence-electron chi connectivity index (χ4n) is 2.80. The Labute approximate surface area is 180 Å². The molecule has 7 nitrogen and oxygen atoms in total. The molecule has 2 aromatic heterocycles. The summed E-state index contributed by atoms with van der Waals surface area (Å²) in [5, 5.41) is 14.9. The number of carbonyl (C=O) groups is 1. The number of nitrogens with one attached hydrogen (secondary N) is 1. The van der Waals surface area contributed by atoms with E-state index in [1.54, 1.807) is 24.5 Å². The van der Waals surface area contributed by atoms with E-state index in [9.17, 15) is 4.79 Å². The van der Waals surface area contributed by atoms with Gasteiger partial charge >= 0.3 is 0 Å². The van der Waals surface area contributed by atoms with Crippen LogP contribution in [-0.4, -0.2) is 26.1 Å². The van der Waals surface area contributed by atoms with Crippen molar-refractivity contribution in [3.8, 4) is 11.4 Å². The minimum absolute atomic E-state index is 0.238. The van der Waals surface area contributed by atoms with Crippen LogP contribution in [0.3, 0.4) is 0 Å². The molecule has 2 heterocycles. The van der Waals surface area contributed by atoms with Gasteiger partial charge in [0.15, 0.2) is 5.82 Å². The summed E-state index contributed by atoms with van der Waals surface area (Å²) in [4.78, 5) is 13.2. The molecule has 144 valence electrons. The molecular weight excluding hydrogens is 481 g/mol. The smallest absolute Gasteiger partial charge is 0.274 e. The average Bonchev–Trinajstić information content (AvgIpc) is 3.40. The van der Waals surface area contributed by atoms with Gasteiger partial charge in [0.25, 0.3) is 5.91 Å². The largest absolute Gasteiger partial charge is 0.465 e. The summed E-state index contributed by atoms with van der Waals surface area (Å²) < 4.78 is 7.91. The van der Waals surface area contributed by atoms with Gasteiger partial charge in [0, 0.05) is 20.9 Å². The van der Waals surface area contributed by atoms with Crippen LogP contribution in [0.2, 0.25) is 0 Å². The van der Waals surface area contributed by atoms with Gasteiger partial charge in [-0.25, -0.2) is 0 Å². The number of halogens is 1. The maximum atomic E-state index is 13.2. The molecule has 4 aromatic rings. The number of hydrogen-bond donors (Lipinski definition) is 1. The third-order valence-corrected chi connectivity index (χ3v) is 4.89. The zero-order chi connectivity index (χ0) is 20.2. The van der Waals surface area contributed by atoms with Gasteiger partial charge in [-0.15, -0.1) is 5.10 Å². The SMILES string of the molecule is Cc1cc(I)ccc1NC(=O)/C(=C/c1ccco1)n1nnnc1-c1ccccc1. The van der Waals surface area contributed by atoms with E-state index in [1.165, 1.54) is 4.68 Å². The molecule has 0 unspecified atom stereocenters. The van der Waals surface area contributed by atoms with Crippen molar-refractivity contribution in [2.45, 2.75) is 6.92 Å². The summed E-state index contributed by atoms with van der Waals surface area (Å²) in [5.74, 6) is 0.622. The zero-order valence-corrected chi connectivity index (χ0v) is 17.6. The molecule has 0 aliphatic carbocycles. The number of tetrazole rings is 1. The van der Waals surface area contributed by atoms with E-state index < -0.39 is 0 Å². The first kappa shape index (κ1) is 19.1. The molecule has 0 atom stereocenters. The van der Waals surface area contributed by atoms with E-state index >= 15 is 0 Å². The third kappa shape index (κ3) is 4.27. The van der Waals surface area contributed by atoms with E-state index in [0.29, 0.717) is 11.6 Å². The summed E-state index contributed by atoms with van der Waals surface area (Å²) in [6.07, 6.45) is 3.16. The molecule has 2 aromatic carbocycles.